The zero-order valence-electron chi connectivity index (χ0n) is 18.5. The lowest BCUT2D eigenvalue weighted by Crippen LogP contribution is -2.19. The Morgan fingerprint density at radius 2 is 1.28 bits per heavy atom. The molecule has 0 saturated carbocycles. The molecule has 0 radical (unpaired) electrons. The number of nitrogens with one attached hydrogen (secondary N) is 3. The van der Waals surface area contributed by atoms with Gasteiger partial charge in [-0.1, -0.05) is 66.7 Å². The van der Waals surface area contributed by atoms with Crippen molar-refractivity contribution < 1.29 is 0 Å². The first-order valence-corrected chi connectivity index (χ1v) is 11.7. The number of fused-ring (bicyclic) bond motifs is 2. The van der Waals surface area contributed by atoms with Crippen LogP contribution in [0.25, 0.3) is 21.8 Å². The Labute approximate surface area is 189 Å². The monoisotopic (exact) mass is 421 g/mol. The largest absolute Gasteiger partial charge is 0.358 e. The van der Waals surface area contributed by atoms with Crippen LogP contribution in [0.15, 0.2) is 91.0 Å². The predicted molar refractivity (Wildman–Crippen MR) is 135 cm³/mol. The molecule has 162 valence electrons. The van der Waals surface area contributed by atoms with Crippen molar-refractivity contribution >= 4 is 21.8 Å². The van der Waals surface area contributed by atoms with Gasteiger partial charge in [-0.25, -0.2) is 0 Å². The van der Waals surface area contributed by atoms with Crippen LogP contribution in [0, 0.1) is 5.92 Å². The van der Waals surface area contributed by atoms with Gasteiger partial charge in [-0.15, -0.1) is 0 Å². The van der Waals surface area contributed by atoms with Crippen molar-refractivity contribution in [3.05, 3.63) is 108 Å². The van der Waals surface area contributed by atoms with Crippen LogP contribution in [-0.4, -0.2) is 16.5 Å². The van der Waals surface area contributed by atoms with Gasteiger partial charge in [0.1, 0.15) is 0 Å². The van der Waals surface area contributed by atoms with E-state index in [1.807, 2.05) is 0 Å². The Kier molecular flexibility index (Phi) is 6.36. The number of aryl methyl sites for hydroxylation is 1. The van der Waals surface area contributed by atoms with Crippen LogP contribution in [-0.2, 0) is 19.4 Å². The van der Waals surface area contributed by atoms with Gasteiger partial charge in [-0.2, -0.15) is 0 Å². The molecule has 1 atom stereocenters. The summed E-state index contributed by atoms with van der Waals surface area (Å²) in [7, 11) is 0. The van der Waals surface area contributed by atoms with E-state index in [9.17, 15) is 0 Å². The fourth-order valence-electron chi connectivity index (χ4n) is 4.67. The average Bonchev–Trinajstić information content (AvgIpc) is 3.43. The maximum absolute atomic E-state index is 3.65. The van der Waals surface area contributed by atoms with E-state index in [1.54, 1.807) is 0 Å². The molecule has 0 spiro atoms. The van der Waals surface area contributed by atoms with Gasteiger partial charge in [0.25, 0.3) is 0 Å². The normalized spacial score (nSPS) is 12.5. The SMILES string of the molecule is c1ccc(CNCCC(CCc2cc3ccccc3[nH]2)Cc2cc3ccccc3[nH]2)cc1. The topological polar surface area (TPSA) is 43.6 Å². The lowest BCUT2D eigenvalue weighted by atomic mass is 9.93. The Morgan fingerprint density at radius 1 is 0.656 bits per heavy atom. The van der Waals surface area contributed by atoms with E-state index in [2.05, 4.69) is 106 Å². The number of para-hydroxylation sites is 2. The highest BCUT2D eigenvalue weighted by molar-refractivity contribution is 5.80. The van der Waals surface area contributed by atoms with Crippen molar-refractivity contribution in [1.82, 2.24) is 15.3 Å². The standard InChI is InChI=1S/C29H31N3/c1-2-8-23(9-3-1)21-30-17-16-22(18-27-20-25-11-5-7-13-29(25)32-27)14-15-26-19-24-10-4-6-12-28(24)31-26/h1-13,19-20,22,30-32H,14-18,21H2. The zero-order valence-corrected chi connectivity index (χ0v) is 18.5. The van der Waals surface area contributed by atoms with E-state index in [0.29, 0.717) is 5.92 Å². The van der Waals surface area contributed by atoms with Gasteiger partial charge < -0.3 is 15.3 Å². The molecule has 0 aliphatic rings. The quantitative estimate of drug-likeness (QED) is 0.218. The van der Waals surface area contributed by atoms with Gasteiger partial charge in [-0.3, -0.25) is 0 Å². The number of aromatic nitrogens is 2. The minimum absolute atomic E-state index is 0.623. The Balaban J connectivity index is 1.23. The maximum atomic E-state index is 3.65. The van der Waals surface area contributed by atoms with Gasteiger partial charge in [0, 0.05) is 29.0 Å². The fraction of sp³-hybridized carbons (Fsp3) is 0.241. The highest BCUT2D eigenvalue weighted by Gasteiger charge is 2.13. The molecular weight excluding hydrogens is 390 g/mol. The van der Waals surface area contributed by atoms with E-state index >= 15 is 0 Å². The summed E-state index contributed by atoms with van der Waals surface area (Å²) in [6.45, 7) is 1.97. The van der Waals surface area contributed by atoms with Gasteiger partial charge in [0.05, 0.1) is 0 Å². The second kappa shape index (κ2) is 9.88. The van der Waals surface area contributed by atoms with Crippen molar-refractivity contribution in [2.24, 2.45) is 5.92 Å². The number of aromatic amines is 2. The summed E-state index contributed by atoms with van der Waals surface area (Å²) in [4.78, 5) is 7.24. The number of benzene rings is 3. The van der Waals surface area contributed by atoms with E-state index < -0.39 is 0 Å². The molecule has 2 heterocycles. The third kappa shape index (κ3) is 5.12. The van der Waals surface area contributed by atoms with Crippen LogP contribution in [0.5, 0.6) is 0 Å². The molecule has 0 aliphatic heterocycles. The molecule has 5 rings (SSSR count). The summed E-state index contributed by atoms with van der Waals surface area (Å²) in [5, 5.41) is 6.26. The molecule has 2 aromatic heterocycles. The summed E-state index contributed by atoms with van der Waals surface area (Å²) in [5.74, 6) is 0.623. The molecule has 3 aromatic carbocycles. The Hall–Kier alpha value is -3.30. The summed E-state index contributed by atoms with van der Waals surface area (Å²) >= 11 is 0. The van der Waals surface area contributed by atoms with Crippen molar-refractivity contribution in [2.45, 2.75) is 32.2 Å². The van der Waals surface area contributed by atoms with Crippen LogP contribution in [0.2, 0.25) is 0 Å². The van der Waals surface area contributed by atoms with Crippen molar-refractivity contribution in [3.8, 4) is 0 Å². The summed E-state index contributed by atoms with van der Waals surface area (Å²) in [6.07, 6.45) is 4.51. The van der Waals surface area contributed by atoms with Crippen LogP contribution in [0.3, 0.4) is 0 Å². The number of rotatable bonds is 10. The predicted octanol–water partition coefficient (Wildman–Crippen LogP) is 6.62. The molecule has 0 bridgehead atoms. The summed E-state index contributed by atoms with van der Waals surface area (Å²) in [6, 6.07) is 32.4. The van der Waals surface area contributed by atoms with Crippen LogP contribution < -0.4 is 5.32 Å². The molecule has 1 unspecified atom stereocenters. The third-order valence-electron chi connectivity index (χ3n) is 6.40. The van der Waals surface area contributed by atoms with Gasteiger partial charge in [0.2, 0.25) is 0 Å². The molecule has 3 N–H and O–H groups in total. The van der Waals surface area contributed by atoms with Crippen LogP contribution >= 0.6 is 0 Å². The molecule has 3 nitrogen and oxygen atoms in total. The molecule has 3 heteroatoms. The fourth-order valence-corrected chi connectivity index (χ4v) is 4.67. The van der Waals surface area contributed by atoms with Crippen molar-refractivity contribution in [1.29, 1.82) is 0 Å². The van der Waals surface area contributed by atoms with E-state index in [4.69, 9.17) is 0 Å². The van der Waals surface area contributed by atoms with Gasteiger partial charge in [-0.05, 0) is 78.7 Å². The minimum Gasteiger partial charge on any atom is -0.358 e. The molecular formula is C29H31N3. The van der Waals surface area contributed by atoms with Gasteiger partial charge in [0.15, 0.2) is 0 Å². The molecule has 0 fully saturated rings. The second-order valence-electron chi connectivity index (χ2n) is 8.82. The lowest BCUT2D eigenvalue weighted by molar-refractivity contribution is 0.428. The first-order valence-electron chi connectivity index (χ1n) is 11.7. The molecule has 5 aromatic rings. The summed E-state index contributed by atoms with van der Waals surface area (Å²) in [5.41, 5.74) is 6.50. The van der Waals surface area contributed by atoms with E-state index in [1.165, 1.54) is 51.6 Å². The van der Waals surface area contributed by atoms with Crippen molar-refractivity contribution in [3.63, 3.8) is 0 Å². The molecule has 0 saturated heterocycles. The molecule has 0 amide bonds. The highest BCUT2D eigenvalue weighted by Crippen LogP contribution is 2.23. The van der Waals surface area contributed by atoms with Crippen molar-refractivity contribution in [2.75, 3.05) is 6.54 Å². The smallest absolute Gasteiger partial charge is 0.0456 e. The molecule has 0 aliphatic carbocycles. The lowest BCUT2D eigenvalue weighted by Gasteiger charge is -2.16. The third-order valence-corrected chi connectivity index (χ3v) is 6.40. The zero-order chi connectivity index (χ0) is 21.6. The maximum Gasteiger partial charge on any atom is 0.0456 e. The van der Waals surface area contributed by atoms with Crippen LogP contribution in [0.4, 0.5) is 0 Å². The van der Waals surface area contributed by atoms with E-state index in [0.717, 1.165) is 25.9 Å². The molecule has 32 heavy (non-hydrogen) atoms. The Bertz CT molecular complexity index is 1200. The highest BCUT2D eigenvalue weighted by atomic mass is 14.8. The second-order valence-corrected chi connectivity index (χ2v) is 8.82. The number of H-pyrrole nitrogens is 2. The first-order chi connectivity index (χ1) is 15.8. The number of hydrogen-bond donors (Lipinski definition) is 3. The number of hydrogen-bond acceptors (Lipinski definition) is 1. The average molecular weight is 422 g/mol. The van der Waals surface area contributed by atoms with E-state index in [-0.39, 0.29) is 0 Å². The minimum atomic E-state index is 0.623. The van der Waals surface area contributed by atoms with Crippen LogP contribution in [0.1, 0.15) is 29.8 Å². The summed E-state index contributed by atoms with van der Waals surface area (Å²) < 4.78 is 0. The first kappa shape index (κ1) is 20.6. The Morgan fingerprint density at radius 3 is 2.00 bits per heavy atom. The van der Waals surface area contributed by atoms with Gasteiger partial charge >= 0.3 is 0 Å².